The molecule has 7 nitrogen and oxygen atoms in total. The van der Waals surface area contributed by atoms with Gasteiger partial charge in [-0.05, 0) is 57.2 Å². The van der Waals surface area contributed by atoms with Crippen molar-refractivity contribution >= 4 is 45.6 Å². The summed E-state index contributed by atoms with van der Waals surface area (Å²) < 4.78 is 12.1. The van der Waals surface area contributed by atoms with Gasteiger partial charge < -0.3 is 14.8 Å². The number of carbonyl (C=O) groups is 2. The van der Waals surface area contributed by atoms with Gasteiger partial charge in [0.05, 0.1) is 28.4 Å². The molecule has 1 atom stereocenters. The van der Waals surface area contributed by atoms with Gasteiger partial charge >= 0.3 is 0 Å². The number of halogens is 2. The van der Waals surface area contributed by atoms with Crippen molar-refractivity contribution in [2.24, 2.45) is 11.0 Å². The van der Waals surface area contributed by atoms with Crippen LogP contribution in [0.2, 0.25) is 5.02 Å². The van der Waals surface area contributed by atoms with Crippen molar-refractivity contribution in [1.82, 2.24) is 10.7 Å². The van der Waals surface area contributed by atoms with Gasteiger partial charge in [0, 0.05) is 0 Å². The molecule has 0 saturated carbocycles. The first kappa shape index (κ1) is 27.2. The topological polar surface area (TPSA) is 89.0 Å². The van der Waals surface area contributed by atoms with Gasteiger partial charge in [0.25, 0.3) is 11.8 Å². The standard InChI is InChI=1S/C27H27BrClN3O4/c1-17(2)24(31-26(33)20-11-7-8-12-22(20)29)27(34)32-30-15-19-13-21(28)25(23(14-19)35-3)36-16-18-9-5-4-6-10-18/h4-15,17,24H,16H2,1-3H3,(H,31,33)(H,32,34)/b30-15+. The quantitative estimate of drug-likeness (QED) is 0.245. The van der Waals surface area contributed by atoms with Crippen molar-refractivity contribution in [3.8, 4) is 11.5 Å². The molecule has 36 heavy (non-hydrogen) atoms. The van der Waals surface area contributed by atoms with Crippen LogP contribution in [0, 0.1) is 5.92 Å². The summed E-state index contributed by atoms with van der Waals surface area (Å²) in [5.74, 6) is 0.0143. The third-order valence-corrected chi connectivity index (χ3v) is 6.14. The average molecular weight is 573 g/mol. The highest BCUT2D eigenvalue weighted by atomic mass is 79.9. The fourth-order valence-electron chi connectivity index (χ4n) is 3.32. The molecule has 2 amide bonds. The molecule has 3 aromatic carbocycles. The van der Waals surface area contributed by atoms with Gasteiger partial charge in [0.1, 0.15) is 12.6 Å². The molecule has 188 valence electrons. The Kier molecular flexibility index (Phi) is 9.90. The van der Waals surface area contributed by atoms with Crippen molar-refractivity contribution < 1.29 is 19.1 Å². The molecule has 0 heterocycles. The molecule has 2 N–H and O–H groups in total. The molecule has 0 saturated heterocycles. The lowest BCUT2D eigenvalue weighted by Gasteiger charge is -2.20. The first-order valence-electron chi connectivity index (χ1n) is 11.2. The number of hydrogen-bond acceptors (Lipinski definition) is 5. The maximum absolute atomic E-state index is 12.8. The molecule has 0 spiro atoms. The van der Waals surface area contributed by atoms with Crippen LogP contribution in [0.15, 0.2) is 76.3 Å². The number of nitrogens with zero attached hydrogens (tertiary/aromatic N) is 1. The Labute approximate surface area is 224 Å². The number of hydrazone groups is 1. The number of benzene rings is 3. The van der Waals surface area contributed by atoms with Gasteiger partial charge in [-0.1, -0.05) is 67.9 Å². The zero-order valence-electron chi connectivity index (χ0n) is 20.1. The van der Waals surface area contributed by atoms with Gasteiger partial charge in [0.15, 0.2) is 11.5 Å². The maximum Gasteiger partial charge on any atom is 0.262 e. The van der Waals surface area contributed by atoms with Crippen molar-refractivity contribution in [3.05, 3.63) is 92.9 Å². The van der Waals surface area contributed by atoms with Gasteiger partial charge in [-0.25, -0.2) is 5.43 Å². The molecule has 0 aliphatic heterocycles. The number of carbonyl (C=O) groups excluding carboxylic acids is 2. The summed E-state index contributed by atoms with van der Waals surface area (Å²) in [6.45, 7) is 4.05. The lowest BCUT2D eigenvalue weighted by molar-refractivity contribution is -0.123. The molecular formula is C27H27BrClN3O4. The number of ether oxygens (including phenoxy) is 2. The Bertz CT molecular complexity index is 1230. The number of amides is 2. The summed E-state index contributed by atoms with van der Waals surface area (Å²) in [5.41, 5.74) is 4.50. The Morgan fingerprint density at radius 3 is 2.44 bits per heavy atom. The molecule has 0 radical (unpaired) electrons. The fraction of sp³-hybridized carbons (Fsp3) is 0.222. The van der Waals surface area contributed by atoms with Crippen molar-refractivity contribution in [2.45, 2.75) is 26.5 Å². The molecular weight excluding hydrogens is 546 g/mol. The van der Waals surface area contributed by atoms with Crippen LogP contribution in [0.3, 0.4) is 0 Å². The fourth-order valence-corrected chi connectivity index (χ4v) is 4.12. The van der Waals surface area contributed by atoms with Crippen LogP contribution in [0.1, 0.15) is 35.3 Å². The molecule has 9 heteroatoms. The van der Waals surface area contributed by atoms with Crippen molar-refractivity contribution in [2.75, 3.05) is 7.11 Å². The van der Waals surface area contributed by atoms with E-state index in [1.807, 2.05) is 44.2 Å². The number of methoxy groups -OCH3 is 1. The number of nitrogens with one attached hydrogen (secondary N) is 2. The highest BCUT2D eigenvalue weighted by Gasteiger charge is 2.25. The first-order valence-corrected chi connectivity index (χ1v) is 12.4. The van der Waals surface area contributed by atoms with Gasteiger partial charge in [0.2, 0.25) is 0 Å². The minimum Gasteiger partial charge on any atom is -0.493 e. The lowest BCUT2D eigenvalue weighted by Crippen LogP contribution is -2.48. The minimum atomic E-state index is -0.805. The summed E-state index contributed by atoms with van der Waals surface area (Å²) in [6, 6.07) is 19.2. The summed E-state index contributed by atoms with van der Waals surface area (Å²) in [4.78, 5) is 25.4. The van der Waals surface area contributed by atoms with E-state index in [9.17, 15) is 9.59 Å². The average Bonchev–Trinajstić information content (AvgIpc) is 2.86. The molecule has 0 fully saturated rings. The summed E-state index contributed by atoms with van der Waals surface area (Å²) in [6.07, 6.45) is 1.49. The van der Waals surface area contributed by atoms with E-state index in [2.05, 4.69) is 31.8 Å². The van der Waals surface area contributed by atoms with E-state index >= 15 is 0 Å². The second-order valence-corrected chi connectivity index (χ2v) is 9.48. The zero-order valence-corrected chi connectivity index (χ0v) is 22.5. The van der Waals surface area contributed by atoms with E-state index in [1.54, 1.807) is 43.5 Å². The van der Waals surface area contributed by atoms with Crippen LogP contribution in [-0.2, 0) is 11.4 Å². The molecule has 3 aromatic rings. The van der Waals surface area contributed by atoms with Crippen LogP contribution < -0.4 is 20.2 Å². The van der Waals surface area contributed by atoms with Crippen LogP contribution >= 0.6 is 27.5 Å². The second kappa shape index (κ2) is 13.1. The molecule has 0 aliphatic carbocycles. The largest absolute Gasteiger partial charge is 0.493 e. The zero-order chi connectivity index (χ0) is 26.1. The lowest BCUT2D eigenvalue weighted by atomic mass is 10.0. The number of rotatable bonds is 10. The monoisotopic (exact) mass is 571 g/mol. The molecule has 3 rings (SSSR count). The van der Waals surface area contributed by atoms with E-state index in [0.717, 1.165) is 5.56 Å². The van der Waals surface area contributed by atoms with E-state index in [0.29, 0.717) is 38.7 Å². The van der Waals surface area contributed by atoms with Gasteiger partial charge in [-0.3, -0.25) is 9.59 Å². The van der Waals surface area contributed by atoms with Gasteiger partial charge in [-0.2, -0.15) is 5.10 Å². The normalized spacial score (nSPS) is 11.8. The van der Waals surface area contributed by atoms with Crippen LogP contribution in [0.4, 0.5) is 0 Å². The third kappa shape index (κ3) is 7.32. The van der Waals surface area contributed by atoms with Crippen LogP contribution in [-0.4, -0.2) is 31.2 Å². The molecule has 0 bridgehead atoms. The van der Waals surface area contributed by atoms with E-state index < -0.39 is 17.9 Å². The van der Waals surface area contributed by atoms with Crippen LogP contribution in [0.5, 0.6) is 11.5 Å². The Balaban J connectivity index is 1.66. The smallest absolute Gasteiger partial charge is 0.262 e. The van der Waals surface area contributed by atoms with E-state index in [-0.39, 0.29) is 5.92 Å². The predicted molar refractivity (Wildman–Crippen MR) is 145 cm³/mol. The van der Waals surface area contributed by atoms with Crippen molar-refractivity contribution in [3.63, 3.8) is 0 Å². The third-order valence-electron chi connectivity index (χ3n) is 5.22. The van der Waals surface area contributed by atoms with Gasteiger partial charge in [-0.15, -0.1) is 0 Å². The first-order chi connectivity index (χ1) is 17.3. The Hall–Kier alpha value is -3.36. The van der Waals surface area contributed by atoms with Crippen molar-refractivity contribution in [1.29, 1.82) is 0 Å². The highest BCUT2D eigenvalue weighted by molar-refractivity contribution is 9.10. The minimum absolute atomic E-state index is 0.179. The molecule has 0 aliphatic rings. The predicted octanol–water partition coefficient (Wildman–Crippen LogP) is 5.59. The SMILES string of the molecule is COc1cc(/C=N/NC(=O)C(NC(=O)c2ccccc2Cl)C(C)C)cc(Br)c1OCc1ccccc1. The summed E-state index contributed by atoms with van der Waals surface area (Å²) in [5, 5.41) is 7.11. The van der Waals surface area contributed by atoms with Crippen LogP contribution in [0.25, 0.3) is 0 Å². The Morgan fingerprint density at radius 1 is 1.08 bits per heavy atom. The Morgan fingerprint density at radius 2 is 1.78 bits per heavy atom. The highest BCUT2D eigenvalue weighted by Crippen LogP contribution is 2.36. The molecule has 0 aromatic heterocycles. The van der Waals surface area contributed by atoms with E-state index in [4.69, 9.17) is 21.1 Å². The number of hydrogen-bond donors (Lipinski definition) is 2. The maximum atomic E-state index is 12.8. The van der Waals surface area contributed by atoms with E-state index in [1.165, 1.54) is 6.21 Å². The second-order valence-electron chi connectivity index (χ2n) is 8.22. The summed E-state index contributed by atoms with van der Waals surface area (Å²) >= 11 is 9.62. The summed E-state index contributed by atoms with van der Waals surface area (Å²) in [7, 11) is 1.55. The molecule has 1 unspecified atom stereocenters.